The number of urea groups is 1. The lowest BCUT2D eigenvalue weighted by Gasteiger charge is -2.27. The van der Waals surface area contributed by atoms with Crippen LogP contribution in [0, 0.1) is 0 Å². The fourth-order valence-corrected chi connectivity index (χ4v) is 3.26. The molecule has 0 spiro atoms. The molecule has 152 valence electrons. The maximum atomic E-state index is 12.6. The van der Waals surface area contributed by atoms with Crippen LogP contribution in [0.4, 0.5) is 4.79 Å². The van der Waals surface area contributed by atoms with E-state index in [4.69, 9.17) is 0 Å². The van der Waals surface area contributed by atoms with Crippen LogP contribution in [0.1, 0.15) is 35.7 Å². The second-order valence-electron chi connectivity index (χ2n) is 7.65. The van der Waals surface area contributed by atoms with Gasteiger partial charge in [-0.2, -0.15) is 0 Å². The third-order valence-corrected chi connectivity index (χ3v) is 4.91. The largest absolute Gasteiger partial charge is 0.336 e. The van der Waals surface area contributed by atoms with Gasteiger partial charge in [0.25, 0.3) is 0 Å². The first-order chi connectivity index (χ1) is 13.4. The highest BCUT2D eigenvalue weighted by Gasteiger charge is 2.18. The molecule has 0 fully saturated rings. The van der Waals surface area contributed by atoms with Crippen molar-refractivity contribution in [3.8, 4) is 0 Å². The van der Waals surface area contributed by atoms with Crippen molar-refractivity contribution < 1.29 is 4.79 Å². The molecule has 0 aliphatic carbocycles. The summed E-state index contributed by atoms with van der Waals surface area (Å²) in [6.45, 7) is 3.45. The van der Waals surface area contributed by atoms with Crippen LogP contribution in [0.3, 0.4) is 0 Å². The van der Waals surface area contributed by atoms with Crippen LogP contribution in [-0.4, -0.2) is 57.1 Å². The molecule has 2 atom stereocenters. The molecular formula is C23H34N4O. The van der Waals surface area contributed by atoms with Gasteiger partial charge in [-0.25, -0.2) is 4.79 Å². The normalized spacial score (nSPS) is 13.4. The average molecular weight is 383 g/mol. The fraction of sp³-hybridized carbons (Fsp3) is 0.435. The molecule has 2 amide bonds. The zero-order valence-corrected chi connectivity index (χ0v) is 17.8. The number of hydrogen-bond donors (Lipinski definition) is 2. The van der Waals surface area contributed by atoms with Gasteiger partial charge in [-0.05, 0) is 51.3 Å². The van der Waals surface area contributed by atoms with E-state index in [2.05, 4.69) is 51.6 Å². The molecule has 2 rings (SSSR count). The topological polar surface area (TPSA) is 47.6 Å². The van der Waals surface area contributed by atoms with E-state index in [1.165, 1.54) is 11.1 Å². The van der Waals surface area contributed by atoms with Crippen LogP contribution in [0.15, 0.2) is 54.6 Å². The van der Waals surface area contributed by atoms with E-state index < -0.39 is 0 Å². The van der Waals surface area contributed by atoms with Crippen LogP contribution in [0.2, 0.25) is 0 Å². The molecule has 28 heavy (non-hydrogen) atoms. The van der Waals surface area contributed by atoms with Gasteiger partial charge < -0.3 is 20.4 Å². The molecule has 5 heteroatoms. The predicted octanol–water partition coefficient (Wildman–Crippen LogP) is 3.45. The Bertz CT molecular complexity index is 713. The van der Waals surface area contributed by atoms with Crippen molar-refractivity contribution in [2.24, 2.45) is 0 Å². The van der Waals surface area contributed by atoms with Gasteiger partial charge in [0.2, 0.25) is 0 Å². The molecule has 0 saturated carbocycles. The fourth-order valence-electron chi connectivity index (χ4n) is 3.26. The second kappa shape index (κ2) is 10.8. The lowest BCUT2D eigenvalue weighted by atomic mass is 10.0. The highest BCUT2D eigenvalue weighted by atomic mass is 16.2. The van der Waals surface area contributed by atoms with Crippen molar-refractivity contribution in [3.63, 3.8) is 0 Å². The van der Waals surface area contributed by atoms with Crippen LogP contribution in [0.25, 0.3) is 0 Å². The summed E-state index contributed by atoms with van der Waals surface area (Å²) in [6.07, 6.45) is 1.03. The number of benzene rings is 2. The van der Waals surface area contributed by atoms with E-state index in [1.807, 2.05) is 58.5 Å². The smallest absolute Gasteiger partial charge is 0.315 e. The lowest BCUT2D eigenvalue weighted by Crippen LogP contribution is -2.44. The Balaban J connectivity index is 2.00. The first-order valence-corrected chi connectivity index (χ1v) is 9.90. The van der Waals surface area contributed by atoms with Crippen molar-refractivity contribution in [1.82, 2.24) is 20.4 Å². The van der Waals surface area contributed by atoms with Gasteiger partial charge in [0.15, 0.2) is 0 Å². The number of likely N-dealkylation sites (N-methyl/N-ethyl adjacent to an activating group) is 2. The summed E-state index contributed by atoms with van der Waals surface area (Å²) in [6, 6.07) is 18.6. The van der Waals surface area contributed by atoms with Crippen molar-refractivity contribution in [3.05, 3.63) is 71.3 Å². The summed E-state index contributed by atoms with van der Waals surface area (Å²) in [7, 11) is 8.10. The highest BCUT2D eigenvalue weighted by molar-refractivity contribution is 5.74. The van der Waals surface area contributed by atoms with E-state index in [1.54, 1.807) is 0 Å². The summed E-state index contributed by atoms with van der Waals surface area (Å²) in [5.74, 6) is 0. The lowest BCUT2D eigenvalue weighted by molar-refractivity contribution is 0.225. The van der Waals surface area contributed by atoms with E-state index in [9.17, 15) is 4.79 Å². The highest BCUT2D eigenvalue weighted by Crippen LogP contribution is 2.18. The minimum absolute atomic E-state index is 0.0576. The molecule has 0 aliphatic heterocycles. The second-order valence-corrected chi connectivity index (χ2v) is 7.65. The Kier molecular flexibility index (Phi) is 8.48. The Labute approximate surface area is 169 Å². The number of nitrogens with zero attached hydrogens (tertiary/aromatic N) is 2. The van der Waals surface area contributed by atoms with Crippen molar-refractivity contribution in [2.75, 3.05) is 41.3 Å². The number of amides is 2. The Morgan fingerprint density at radius 1 is 0.929 bits per heavy atom. The van der Waals surface area contributed by atoms with Crippen LogP contribution >= 0.6 is 0 Å². The summed E-state index contributed by atoms with van der Waals surface area (Å²) in [4.78, 5) is 16.8. The number of carbonyl (C=O) groups is 1. The molecule has 0 aliphatic rings. The minimum Gasteiger partial charge on any atom is -0.336 e. The number of rotatable bonds is 9. The van der Waals surface area contributed by atoms with E-state index >= 15 is 0 Å². The molecule has 2 aromatic rings. The molecule has 2 aromatic carbocycles. The monoisotopic (exact) mass is 382 g/mol. The third kappa shape index (κ3) is 6.66. The van der Waals surface area contributed by atoms with Gasteiger partial charge in [-0.3, -0.25) is 0 Å². The summed E-state index contributed by atoms with van der Waals surface area (Å²) in [5.41, 5.74) is 3.63. The van der Waals surface area contributed by atoms with E-state index in [0.29, 0.717) is 6.54 Å². The van der Waals surface area contributed by atoms with E-state index in [0.717, 1.165) is 18.5 Å². The standard InChI is InChI=1S/C23H34N4O/c1-6-18-12-14-20(15-13-18)22(27(4)5)16-24-23(28)25-21(17-26(2)3)19-10-8-7-9-11-19/h7-15,21-22H,6,16-17H2,1-5H3,(H2,24,25,28). The predicted molar refractivity (Wildman–Crippen MR) is 117 cm³/mol. The molecule has 0 aromatic heterocycles. The van der Waals surface area contributed by atoms with Gasteiger partial charge in [0.1, 0.15) is 0 Å². The SMILES string of the molecule is CCc1ccc(C(CNC(=O)NC(CN(C)C)c2ccccc2)N(C)C)cc1. The quantitative estimate of drug-likeness (QED) is 0.698. The first-order valence-electron chi connectivity index (χ1n) is 9.90. The zero-order valence-electron chi connectivity index (χ0n) is 17.8. The summed E-state index contributed by atoms with van der Waals surface area (Å²) in [5, 5.41) is 6.17. The van der Waals surface area contributed by atoms with Gasteiger partial charge >= 0.3 is 6.03 Å². The molecule has 0 saturated heterocycles. The number of carbonyl (C=O) groups excluding carboxylic acids is 1. The van der Waals surface area contributed by atoms with E-state index in [-0.39, 0.29) is 18.1 Å². The average Bonchev–Trinajstić information content (AvgIpc) is 2.68. The molecule has 2 N–H and O–H groups in total. The number of aryl methyl sites for hydroxylation is 1. The third-order valence-electron chi connectivity index (χ3n) is 4.91. The molecule has 2 unspecified atom stereocenters. The van der Waals surface area contributed by atoms with Gasteiger partial charge in [-0.1, -0.05) is 61.5 Å². The first kappa shape index (κ1) is 21.9. The van der Waals surface area contributed by atoms with Crippen LogP contribution in [0.5, 0.6) is 0 Å². The van der Waals surface area contributed by atoms with Crippen molar-refractivity contribution >= 4 is 6.03 Å². The number of hydrogen-bond acceptors (Lipinski definition) is 3. The summed E-state index contributed by atoms with van der Waals surface area (Å²) >= 11 is 0. The van der Waals surface area contributed by atoms with Crippen LogP contribution < -0.4 is 10.6 Å². The van der Waals surface area contributed by atoms with Gasteiger partial charge in [0, 0.05) is 13.1 Å². The summed E-state index contributed by atoms with van der Waals surface area (Å²) < 4.78 is 0. The molecule has 5 nitrogen and oxygen atoms in total. The molecular weight excluding hydrogens is 348 g/mol. The van der Waals surface area contributed by atoms with Crippen molar-refractivity contribution in [2.45, 2.75) is 25.4 Å². The maximum Gasteiger partial charge on any atom is 0.315 e. The molecule has 0 heterocycles. The van der Waals surface area contributed by atoms with Crippen LogP contribution in [-0.2, 0) is 6.42 Å². The maximum absolute atomic E-state index is 12.6. The van der Waals surface area contributed by atoms with Gasteiger partial charge in [0.05, 0.1) is 12.1 Å². The zero-order chi connectivity index (χ0) is 20.5. The molecule has 0 bridgehead atoms. The Morgan fingerprint density at radius 3 is 2.11 bits per heavy atom. The Morgan fingerprint density at radius 2 is 1.57 bits per heavy atom. The minimum atomic E-state index is -0.146. The van der Waals surface area contributed by atoms with Gasteiger partial charge in [-0.15, -0.1) is 0 Å². The molecule has 0 radical (unpaired) electrons. The number of nitrogens with one attached hydrogen (secondary N) is 2. The van der Waals surface area contributed by atoms with Crippen molar-refractivity contribution in [1.29, 1.82) is 0 Å². The Hall–Kier alpha value is -2.37.